The molecule has 0 spiro atoms. The molecule has 2 fully saturated rings. The third-order valence-electron chi connectivity index (χ3n) is 5.96. The minimum Gasteiger partial charge on any atom is -0.479 e. The van der Waals surface area contributed by atoms with E-state index in [9.17, 15) is 22.8 Å². The molecule has 0 unspecified atom stereocenters. The van der Waals surface area contributed by atoms with Crippen LogP contribution in [0.4, 0.5) is 18.9 Å². The second-order valence-electron chi connectivity index (χ2n) is 8.66. The number of rotatable bonds is 7. The zero-order valence-corrected chi connectivity index (χ0v) is 18.8. The molecule has 0 bridgehead atoms. The molecule has 1 aliphatic carbocycles. The number of anilines is 1. The van der Waals surface area contributed by atoms with Gasteiger partial charge in [-0.15, -0.1) is 0 Å². The van der Waals surface area contributed by atoms with Crippen LogP contribution in [0, 0.1) is 5.92 Å². The lowest BCUT2D eigenvalue weighted by atomic mass is 9.72. The van der Waals surface area contributed by atoms with E-state index in [1.807, 2.05) is 12.1 Å². The fourth-order valence-corrected chi connectivity index (χ4v) is 4.09. The summed E-state index contributed by atoms with van der Waals surface area (Å²) in [7, 11) is 3.51. The fraction of sp³-hybridized carbons (Fsp3) is 0.478. The maximum Gasteiger partial charge on any atom is 0.422 e. The molecular weight excluding hydrogens is 453 g/mol. The minimum absolute atomic E-state index is 0.0410. The summed E-state index contributed by atoms with van der Waals surface area (Å²) < 4.78 is 46.9. The van der Waals surface area contributed by atoms with Gasteiger partial charge in [-0.25, -0.2) is 4.98 Å². The summed E-state index contributed by atoms with van der Waals surface area (Å²) in [4.78, 5) is 36.3. The molecule has 1 saturated carbocycles. The third kappa shape index (κ3) is 5.40. The van der Waals surface area contributed by atoms with E-state index in [1.54, 1.807) is 30.1 Å². The molecular formula is C23H25F3N4O4. The molecule has 11 heteroatoms. The number of hydrogen-bond acceptors (Lipinski definition) is 6. The van der Waals surface area contributed by atoms with Crippen LogP contribution in [0.1, 0.15) is 30.9 Å². The van der Waals surface area contributed by atoms with Crippen molar-refractivity contribution in [1.82, 2.24) is 14.9 Å². The molecule has 0 N–H and O–H groups in total. The Bertz CT molecular complexity index is 1020. The summed E-state index contributed by atoms with van der Waals surface area (Å²) in [5.41, 5.74) is 1.57. The van der Waals surface area contributed by atoms with E-state index in [1.165, 1.54) is 18.3 Å². The predicted molar refractivity (Wildman–Crippen MR) is 116 cm³/mol. The highest BCUT2D eigenvalue weighted by Gasteiger charge is 2.38. The molecule has 1 atom stereocenters. The number of hydrogen-bond donors (Lipinski definition) is 0. The number of nitrogens with zero attached hydrogens (tertiary/aromatic N) is 4. The highest BCUT2D eigenvalue weighted by atomic mass is 19.4. The highest BCUT2D eigenvalue weighted by Crippen LogP contribution is 2.41. The Morgan fingerprint density at radius 3 is 2.50 bits per heavy atom. The topological polar surface area (TPSA) is 84.9 Å². The summed E-state index contributed by atoms with van der Waals surface area (Å²) in [5.74, 6) is 0.273. The summed E-state index contributed by atoms with van der Waals surface area (Å²) in [6.45, 7) is -0.980. The first-order valence-corrected chi connectivity index (χ1v) is 10.9. The van der Waals surface area contributed by atoms with Crippen LogP contribution < -0.4 is 14.4 Å². The minimum atomic E-state index is -4.45. The summed E-state index contributed by atoms with van der Waals surface area (Å²) >= 11 is 0. The van der Waals surface area contributed by atoms with Crippen molar-refractivity contribution in [2.24, 2.45) is 5.92 Å². The second-order valence-corrected chi connectivity index (χ2v) is 8.66. The lowest BCUT2D eigenvalue weighted by molar-refractivity contribution is -0.154. The van der Waals surface area contributed by atoms with E-state index >= 15 is 0 Å². The van der Waals surface area contributed by atoms with Crippen LogP contribution in [-0.4, -0.2) is 66.2 Å². The van der Waals surface area contributed by atoms with Gasteiger partial charge in [0.1, 0.15) is 5.75 Å². The Morgan fingerprint density at radius 1 is 1.15 bits per heavy atom. The van der Waals surface area contributed by atoms with Gasteiger partial charge in [0.25, 0.3) is 5.91 Å². The van der Waals surface area contributed by atoms with Gasteiger partial charge in [-0.3, -0.25) is 14.6 Å². The van der Waals surface area contributed by atoms with Gasteiger partial charge in [0.15, 0.2) is 12.7 Å². The molecule has 2 aromatic rings. The van der Waals surface area contributed by atoms with Crippen molar-refractivity contribution in [2.75, 3.05) is 32.1 Å². The molecule has 4 rings (SSSR count). The molecule has 1 aliphatic heterocycles. The van der Waals surface area contributed by atoms with E-state index in [-0.39, 0.29) is 35.3 Å². The van der Waals surface area contributed by atoms with Crippen LogP contribution in [-0.2, 0) is 9.59 Å². The fourth-order valence-electron chi connectivity index (χ4n) is 4.09. The van der Waals surface area contributed by atoms with Crippen molar-refractivity contribution in [1.29, 1.82) is 0 Å². The SMILES string of the molecule is CN(C)C(=O)C1CC(c2ccc(N3CC[C@@H](Oc4ccc(OCC(F)(F)F)nc4)C3=O)cn2)C1. The molecule has 1 saturated heterocycles. The quantitative estimate of drug-likeness (QED) is 0.608. The van der Waals surface area contributed by atoms with Crippen LogP contribution in [0.2, 0.25) is 0 Å². The van der Waals surface area contributed by atoms with Crippen LogP contribution in [0.25, 0.3) is 0 Å². The maximum absolute atomic E-state index is 12.8. The first-order chi connectivity index (χ1) is 16.1. The lowest BCUT2D eigenvalue weighted by Crippen LogP contribution is -2.37. The molecule has 3 heterocycles. The number of carbonyl (C=O) groups is 2. The molecule has 0 radical (unpaired) electrons. The Balaban J connectivity index is 1.30. The number of pyridine rings is 2. The van der Waals surface area contributed by atoms with Crippen molar-refractivity contribution in [2.45, 2.75) is 37.5 Å². The van der Waals surface area contributed by atoms with Crippen LogP contribution >= 0.6 is 0 Å². The van der Waals surface area contributed by atoms with Crippen molar-refractivity contribution >= 4 is 17.5 Å². The van der Waals surface area contributed by atoms with Gasteiger partial charge in [0, 0.05) is 50.7 Å². The second kappa shape index (κ2) is 9.47. The maximum atomic E-state index is 12.8. The van der Waals surface area contributed by atoms with Crippen LogP contribution in [0.3, 0.4) is 0 Å². The van der Waals surface area contributed by atoms with Crippen LogP contribution in [0.5, 0.6) is 11.6 Å². The van der Waals surface area contributed by atoms with E-state index in [0.717, 1.165) is 18.5 Å². The van der Waals surface area contributed by atoms with E-state index < -0.39 is 18.9 Å². The average Bonchev–Trinajstić information content (AvgIpc) is 3.12. The van der Waals surface area contributed by atoms with Gasteiger partial charge in [0.05, 0.1) is 18.1 Å². The largest absolute Gasteiger partial charge is 0.479 e. The number of ether oxygens (including phenoxy) is 2. The van der Waals surface area contributed by atoms with Crippen molar-refractivity contribution in [3.63, 3.8) is 0 Å². The van der Waals surface area contributed by atoms with E-state index in [2.05, 4.69) is 14.7 Å². The van der Waals surface area contributed by atoms with Gasteiger partial charge in [-0.1, -0.05) is 0 Å². The van der Waals surface area contributed by atoms with Crippen molar-refractivity contribution in [3.8, 4) is 11.6 Å². The lowest BCUT2D eigenvalue weighted by Gasteiger charge is -2.35. The molecule has 2 amide bonds. The molecule has 0 aromatic carbocycles. The Labute approximate surface area is 194 Å². The third-order valence-corrected chi connectivity index (χ3v) is 5.96. The zero-order valence-electron chi connectivity index (χ0n) is 18.8. The molecule has 34 heavy (non-hydrogen) atoms. The van der Waals surface area contributed by atoms with Gasteiger partial charge >= 0.3 is 6.18 Å². The predicted octanol–water partition coefficient (Wildman–Crippen LogP) is 3.18. The number of alkyl halides is 3. The number of amides is 2. The van der Waals surface area contributed by atoms with Gasteiger partial charge in [0.2, 0.25) is 11.8 Å². The summed E-state index contributed by atoms with van der Waals surface area (Å²) in [5, 5.41) is 0. The van der Waals surface area contributed by atoms with Gasteiger partial charge in [-0.2, -0.15) is 13.2 Å². The van der Waals surface area contributed by atoms with Crippen molar-refractivity contribution in [3.05, 3.63) is 42.4 Å². The Morgan fingerprint density at radius 2 is 1.91 bits per heavy atom. The van der Waals surface area contributed by atoms with Crippen LogP contribution in [0.15, 0.2) is 36.7 Å². The van der Waals surface area contributed by atoms with Gasteiger partial charge < -0.3 is 19.3 Å². The zero-order chi connectivity index (χ0) is 24.5. The number of carbonyl (C=O) groups excluding carboxylic acids is 2. The number of aromatic nitrogens is 2. The Hall–Kier alpha value is -3.37. The molecule has 182 valence electrons. The van der Waals surface area contributed by atoms with Crippen molar-refractivity contribution < 1.29 is 32.2 Å². The Kier molecular flexibility index (Phi) is 6.63. The molecule has 8 nitrogen and oxygen atoms in total. The number of halogens is 3. The smallest absolute Gasteiger partial charge is 0.422 e. The monoisotopic (exact) mass is 478 g/mol. The van der Waals surface area contributed by atoms with E-state index in [4.69, 9.17) is 4.74 Å². The summed E-state index contributed by atoms with van der Waals surface area (Å²) in [6.07, 6.45) is -0.297. The normalized spacial score (nSPS) is 22.3. The first kappa shape index (κ1) is 23.8. The summed E-state index contributed by atoms with van der Waals surface area (Å²) in [6, 6.07) is 6.41. The molecule has 2 aromatic heterocycles. The first-order valence-electron chi connectivity index (χ1n) is 10.9. The van der Waals surface area contributed by atoms with E-state index in [0.29, 0.717) is 18.7 Å². The van der Waals surface area contributed by atoms with Gasteiger partial charge in [-0.05, 0) is 31.0 Å². The molecule has 2 aliphatic rings. The average molecular weight is 478 g/mol. The highest BCUT2D eigenvalue weighted by molar-refractivity contribution is 5.98. The standard InChI is InChI=1S/C23H25F3N4O4/c1-29(2)21(31)15-9-14(10-15)18-5-3-16(11-27-18)30-8-7-19(22(30)32)34-17-4-6-20(28-12-17)33-13-23(24,25)26/h3-6,11-12,14-15,19H,7-10,13H2,1-2H3/t14?,15?,19-/m1/s1.